The van der Waals surface area contributed by atoms with Crippen LogP contribution in [0.25, 0.3) is 0 Å². The Balaban J connectivity index is 1.29. The number of rotatable bonds is 6. The summed E-state index contributed by atoms with van der Waals surface area (Å²) in [6.45, 7) is 3.62. The van der Waals surface area contributed by atoms with Crippen molar-refractivity contribution < 1.29 is 13.9 Å². The summed E-state index contributed by atoms with van der Waals surface area (Å²) in [5.41, 5.74) is 2.29. The Kier molecular flexibility index (Phi) is 7.45. The molecule has 1 heterocycles. The minimum Gasteiger partial charge on any atom is -0.487 e. The van der Waals surface area contributed by atoms with Gasteiger partial charge in [-0.15, -0.1) is 0 Å². The van der Waals surface area contributed by atoms with E-state index in [-0.39, 0.29) is 11.7 Å². The molecule has 0 bridgehead atoms. The molecule has 0 unspecified atom stereocenters. The van der Waals surface area contributed by atoms with Gasteiger partial charge in [-0.2, -0.15) is 0 Å². The predicted molar refractivity (Wildman–Crippen MR) is 128 cm³/mol. The molecule has 3 aromatic carbocycles. The molecule has 4 rings (SSSR count). The second-order valence-electron chi connectivity index (χ2n) is 7.72. The second kappa shape index (κ2) is 10.5. The Morgan fingerprint density at radius 2 is 1.72 bits per heavy atom. The Morgan fingerprint density at radius 1 is 1.00 bits per heavy atom. The molecule has 1 saturated heterocycles. The number of nitrogens with zero attached hydrogens (tertiary/aromatic N) is 2. The molecule has 166 valence electrons. The van der Waals surface area contributed by atoms with Crippen molar-refractivity contribution in [3.05, 3.63) is 98.7 Å². The smallest absolute Gasteiger partial charge is 0.253 e. The zero-order chi connectivity index (χ0) is 22.5. The van der Waals surface area contributed by atoms with Crippen molar-refractivity contribution in [2.45, 2.75) is 13.2 Å². The van der Waals surface area contributed by atoms with E-state index in [1.54, 1.807) is 12.1 Å². The number of benzene rings is 3. The summed E-state index contributed by atoms with van der Waals surface area (Å²) in [7, 11) is 0. The molecular weight excluding hydrogens is 495 g/mol. The van der Waals surface area contributed by atoms with E-state index in [9.17, 15) is 9.18 Å². The summed E-state index contributed by atoms with van der Waals surface area (Å²) in [6, 6.07) is 19.8. The molecule has 1 aliphatic heterocycles. The third-order valence-electron chi connectivity index (χ3n) is 5.50. The van der Waals surface area contributed by atoms with Gasteiger partial charge in [0.1, 0.15) is 18.2 Å². The highest BCUT2D eigenvalue weighted by atomic mass is 79.9. The molecule has 1 fully saturated rings. The Morgan fingerprint density at radius 3 is 2.41 bits per heavy atom. The van der Waals surface area contributed by atoms with E-state index in [0.29, 0.717) is 48.1 Å². The van der Waals surface area contributed by atoms with Crippen molar-refractivity contribution in [1.82, 2.24) is 9.80 Å². The van der Waals surface area contributed by atoms with Gasteiger partial charge in [-0.25, -0.2) is 4.39 Å². The first-order valence-electron chi connectivity index (χ1n) is 10.4. The van der Waals surface area contributed by atoms with Crippen molar-refractivity contribution in [3.63, 3.8) is 0 Å². The number of hydrogen-bond donors (Lipinski definition) is 0. The summed E-state index contributed by atoms with van der Waals surface area (Å²) in [6.07, 6.45) is 0. The summed E-state index contributed by atoms with van der Waals surface area (Å²) in [4.78, 5) is 16.9. The van der Waals surface area contributed by atoms with E-state index in [2.05, 4.69) is 20.8 Å². The highest BCUT2D eigenvalue weighted by Gasteiger charge is 2.22. The van der Waals surface area contributed by atoms with Gasteiger partial charge < -0.3 is 9.64 Å². The van der Waals surface area contributed by atoms with Crippen LogP contribution < -0.4 is 4.74 Å². The largest absolute Gasteiger partial charge is 0.487 e. The van der Waals surface area contributed by atoms with Crippen LogP contribution in [0.2, 0.25) is 5.02 Å². The molecule has 0 atom stereocenters. The van der Waals surface area contributed by atoms with Crippen molar-refractivity contribution in [3.8, 4) is 5.75 Å². The minimum absolute atomic E-state index is 0.0129. The first kappa shape index (κ1) is 22.8. The molecule has 4 nitrogen and oxygen atoms in total. The monoisotopic (exact) mass is 516 g/mol. The average molecular weight is 518 g/mol. The lowest BCUT2D eigenvalue weighted by atomic mass is 10.1. The van der Waals surface area contributed by atoms with Gasteiger partial charge in [-0.3, -0.25) is 9.69 Å². The molecule has 0 saturated carbocycles. The summed E-state index contributed by atoms with van der Waals surface area (Å²) >= 11 is 9.56. The third kappa shape index (κ3) is 5.68. The molecule has 1 aliphatic rings. The normalized spacial score (nSPS) is 14.4. The first-order valence-corrected chi connectivity index (χ1v) is 11.6. The van der Waals surface area contributed by atoms with E-state index < -0.39 is 0 Å². The van der Waals surface area contributed by atoms with Crippen molar-refractivity contribution >= 4 is 33.4 Å². The fourth-order valence-electron chi connectivity index (χ4n) is 3.66. The fourth-order valence-corrected chi connectivity index (χ4v) is 4.38. The summed E-state index contributed by atoms with van der Waals surface area (Å²) in [5, 5.41) is 0.542. The van der Waals surface area contributed by atoms with E-state index >= 15 is 0 Å². The quantitative estimate of drug-likeness (QED) is 0.416. The van der Waals surface area contributed by atoms with Crippen molar-refractivity contribution in [2.24, 2.45) is 0 Å². The number of carbonyl (C=O) groups excluding carboxylic acids is 1. The van der Waals surface area contributed by atoms with E-state index in [1.807, 2.05) is 53.4 Å². The molecule has 7 heteroatoms. The second-order valence-corrected chi connectivity index (χ2v) is 9.04. The van der Waals surface area contributed by atoms with Crippen molar-refractivity contribution in [2.75, 3.05) is 26.2 Å². The molecule has 0 N–H and O–H groups in total. The number of halogens is 3. The number of piperazine rings is 1. The molecule has 3 aromatic rings. The maximum Gasteiger partial charge on any atom is 0.253 e. The van der Waals surface area contributed by atoms with E-state index in [4.69, 9.17) is 16.3 Å². The molecule has 0 aromatic heterocycles. The van der Waals surface area contributed by atoms with Crippen LogP contribution in [0.5, 0.6) is 5.75 Å². The molecular formula is C25H23BrClFN2O2. The number of hydrogen-bond acceptors (Lipinski definition) is 3. The van der Waals surface area contributed by atoms with Gasteiger partial charge in [0, 0.05) is 48.3 Å². The Bertz CT molecular complexity index is 1090. The highest BCUT2D eigenvalue weighted by Crippen LogP contribution is 2.28. The van der Waals surface area contributed by atoms with Crippen LogP contribution in [0, 0.1) is 5.82 Å². The van der Waals surface area contributed by atoms with Gasteiger partial charge >= 0.3 is 0 Å². The zero-order valence-corrected chi connectivity index (χ0v) is 19.8. The van der Waals surface area contributed by atoms with Gasteiger partial charge in [0.25, 0.3) is 5.91 Å². The number of amides is 1. The van der Waals surface area contributed by atoms with Crippen LogP contribution in [0.1, 0.15) is 21.5 Å². The molecule has 0 aliphatic carbocycles. The molecule has 0 radical (unpaired) electrons. The standard InChI is InChI=1S/C25H23BrClFN2O2/c26-21-9-10-24(22(27)15-21)32-17-18-5-7-19(8-6-18)25(31)30-13-11-29(12-14-30)16-20-3-1-2-4-23(20)28/h1-10,15H,11-14,16-17H2. The Labute approximate surface area is 200 Å². The molecule has 32 heavy (non-hydrogen) atoms. The number of ether oxygens (including phenoxy) is 1. The van der Waals surface area contributed by atoms with Gasteiger partial charge in [0.15, 0.2) is 0 Å². The van der Waals surface area contributed by atoms with E-state index in [1.165, 1.54) is 6.07 Å². The highest BCUT2D eigenvalue weighted by molar-refractivity contribution is 9.10. The summed E-state index contributed by atoms with van der Waals surface area (Å²) < 4.78 is 20.6. The van der Waals surface area contributed by atoms with Gasteiger partial charge in [0.2, 0.25) is 0 Å². The SMILES string of the molecule is O=C(c1ccc(COc2ccc(Br)cc2Cl)cc1)N1CCN(Cc2ccccc2F)CC1. The van der Waals surface area contributed by atoms with Gasteiger partial charge in [0.05, 0.1) is 5.02 Å². The van der Waals surface area contributed by atoms with Crippen LogP contribution in [0.3, 0.4) is 0 Å². The van der Waals surface area contributed by atoms with Gasteiger partial charge in [-0.05, 0) is 42.0 Å². The maximum absolute atomic E-state index is 13.9. The average Bonchev–Trinajstić information content (AvgIpc) is 2.80. The summed E-state index contributed by atoms with van der Waals surface area (Å²) in [5.74, 6) is 0.444. The third-order valence-corrected chi connectivity index (χ3v) is 6.29. The lowest BCUT2D eigenvalue weighted by molar-refractivity contribution is 0.0627. The van der Waals surface area contributed by atoms with E-state index in [0.717, 1.165) is 23.1 Å². The maximum atomic E-state index is 13.9. The lowest BCUT2D eigenvalue weighted by Crippen LogP contribution is -2.48. The van der Waals surface area contributed by atoms with Crippen LogP contribution in [0.15, 0.2) is 71.2 Å². The van der Waals surface area contributed by atoms with Crippen LogP contribution in [-0.4, -0.2) is 41.9 Å². The van der Waals surface area contributed by atoms with Crippen LogP contribution >= 0.6 is 27.5 Å². The Hall–Kier alpha value is -2.41. The predicted octanol–water partition coefficient (Wildman–Crippen LogP) is 5.78. The molecule has 1 amide bonds. The molecule has 0 spiro atoms. The first-order chi connectivity index (χ1) is 15.5. The zero-order valence-electron chi connectivity index (χ0n) is 17.4. The number of carbonyl (C=O) groups is 1. The van der Waals surface area contributed by atoms with Crippen molar-refractivity contribution in [1.29, 1.82) is 0 Å². The lowest BCUT2D eigenvalue weighted by Gasteiger charge is -2.34. The van der Waals surface area contributed by atoms with Crippen LogP contribution in [0.4, 0.5) is 4.39 Å². The van der Waals surface area contributed by atoms with Gasteiger partial charge in [-0.1, -0.05) is 57.9 Å². The van der Waals surface area contributed by atoms with Crippen LogP contribution in [-0.2, 0) is 13.2 Å². The minimum atomic E-state index is -0.183. The topological polar surface area (TPSA) is 32.8 Å². The fraction of sp³-hybridized carbons (Fsp3) is 0.240.